The van der Waals surface area contributed by atoms with Gasteiger partial charge in [0.25, 0.3) is 0 Å². The van der Waals surface area contributed by atoms with Crippen LogP contribution in [0.15, 0.2) is 12.1 Å². The molecular formula is C6H3F3N. The molecule has 53 valence electrons. The smallest absolute Gasteiger partial charge is 0.154 e. The Bertz CT molecular complexity index is 236. The molecule has 0 amide bonds. The van der Waals surface area contributed by atoms with Crippen LogP contribution in [-0.2, 0) is 0 Å². The quantitative estimate of drug-likeness (QED) is 0.534. The summed E-state index contributed by atoms with van der Waals surface area (Å²) in [5.74, 6) is -3.37. The highest BCUT2D eigenvalue weighted by molar-refractivity contribution is 5.36. The Morgan fingerprint density at radius 3 is 1.80 bits per heavy atom. The van der Waals surface area contributed by atoms with Crippen LogP contribution in [0.25, 0.3) is 0 Å². The summed E-state index contributed by atoms with van der Waals surface area (Å²) in [5.41, 5.74) is 5.72. The molecule has 0 unspecified atom stereocenters. The summed E-state index contributed by atoms with van der Waals surface area (Å²) in [7, 11) is 0. The summed E-state index contributed by atoms with van der Waals surface area (Å²) in [6.07, 6.45) is 0. The van der Waals surface area contributed by atoms with E-state index in [1.807, 2.05) is 0 Å². The highest BCUT2D eigenvalue weighted by atomic mass is 19.1. The van der Waals surface area contributed by atoms with Crippen LogP contribution in [0.3, 0.4) is 0 Å². The van der Waals surface area contributed by atoms with Crippen molar-refractivity contribution in [3.63, 3.8) is 0 Å². The average Bonchev–Trinajstić information content (AvgIpc) is 1.82. The zero-order chi connectivity index (χ0) is 7.72. The molecule has 0 saturated heterocycles. The summed E-state index contributed by atoms with van der Waals surface area (Å²) in [5, 5.41) is 0. The van der Waals surface area contributed by atoms with E-state index < -0.39 is 23.1 Å². The molecule has 0 bridgehead atoms. The number of nitrogens with one attached hydrogen (secondary N) is 1. The van der Waals surface area contributed by atoms with Gasteiger partial charge in [0, 0.05) is 12.1 Å². The lowest BCUT2D eigenvalue weighted by Gasteiger charge is -1.95. The summed E-state index contributed by atoms with van der Waals surface area (Å²) < 4.78 is 36.4. The van der Waals surface area contributed by atoms with Crippen LogP contribution in [0.5, 0.6) is 0 Å². The molecule has 1 rings (SSSR count). The first kappa shape index (κ1) is 6.92. The molecule has 0 aromatic heterocycles. The molecule has 0 heterocycles. The minimum absolute atomic E-state index is 0.464. The van der Waals surface area contributed by atoms with Crippen molar-refractivity contribution in [1.82, 2.24) is 5.73 Å². The Morgan fingerprint density at radius 2 is 1.40 bits per heavy atom. The van der Waals surface area contributed by atoms with E-state index in [9.17, 15) is 13.2 Å². The van der Waals surface area contributed by atoms with E-state index in [1.165, 1.54) is 0 Å². The van der Waals surface area contributed by atoms with E-state index in [0.717, 1.165) is 0 Å². The van der Waals surface area contributed by atoms with Crippen LogP contribution < -0.4 is 5.73 Å². The molecule has 10 heavy (non-hydrogen) atoms. The van der Waals surface area contributed by atoms with E-state index in [0.29, 0.717) is 12.1 Å². The molecule has 0 aliphatic rings. The van der Waals surface area contributed by atoms with Gasteiger partial charge in [-0.1, -0.05) is 0 Å². The number of halogens is 3. The number of hydrogen-bond donors (Lipinski definition) is 0. The Kier molecular flexibility index (Phi) is 1.53. The van der Waals surface area contributed by atoms with Crippen molar-refractivity contribution in [3.05, 3.63) is 29.6 Å². The van der Waals surface area contributed by atoms with Crippen LogP contribution in [0.4, 0.5) is 18.9 Å². The maximum Gasteiger partial charge on any atom is 0.154 e. The minimum atomic E-state index is -1.18. The van der Waals surface area contributed by atoms with Crippen molar-refractivity contribution in [1.29, 1.82) is 0 Å². The first-order valence-corrected chi connectivity index (χ1v) is 2.47. The summed E-state index contributed by atoms with van der Waals surface area (Å²) >= 11 is 0. The fourth-order valence-corrected chi connectivity index (χ4v) is 0.542. The topological polar surface area (TPSA) is 23.8 Å². The first-order valence-electron chi connectivity index (χ1n) is 2.47. The van der Waals surface area contributed by atoms with Gasteiger partial charge in [0.15, 0.2) is 11.6 Å². The molecular weight excluding hydrogens is 143 g/mol. The fraction of sp³-hybridized carbons (Fsp3) is 0. The van der Waals surface area contributed by atoms with E-state index >= 15 is 0 Å². The van der Waals surface area contributed by atoms with E-state index in [-0.39, 0.29) is 0 Å². The van der Waals surface area contributed by atoms with Crippen molar-refractivity contribution in [2.45, 2.75) is 0 Å². The maximum absolute atomic E-state index is 12.2. The predicted octanol–water partition coefficient (Wildman–Crippen LogP) is 2.02. The predicted molar refractivity (Wildman–Crippen MR) is 29.1 cm³/mol. The first-order chi connectivity index (χ1) is 4.61. The Balaban J connectivity index is 3.31. The second-order valence-electron chi connectivity index (χ2n) is 1.74. The van der Waals surface area contributed by atoms with Crippen molar-refractivity contribution < 1.29 is 13.2 Å². The molecule has 0 saturated carbocycles. The highest BCUT2D eigenvalue weighted by Gasteiger charge is 2.06. The SMILES string of the molecule is [NH]c1c(F)cc(F)cc1F. The molecule has 0 aliphatic carbocycles. The maximum atomic E-state index is 12.2. The van der Waals surface area contributed by atoms with E-state index in [2.05, 4.69) is 0 Å². The fourth-order valence-electron chi connectivity index (χ4n) is 0.542. The molecule has 0 spiro atoms. The zero-order valence-electron chi connectivity index (χ0n) is 4.79. The van der Waals surface area contributed by atoms with Crippen molar-refractivity contribution in [2.75, 3.05) is 0 Å². The van der Waals surface area contributed by atoms with Gasteiger partial charge in [-0.25, -0.2) is 13.2 Å². The van der Waals surface area contributed by atoms with Gasteiger partial charge in [0.1, 0.15) is 11.5 Å². The van der Waals surface area contributed by atoms with Gasteiger partial charge in [0.2, 0.25) is 0 Å². The van der Waals surface area contributed by atoms with E-state index in [4.69, 9.17) is 5.73 Å². The Labute approximate surface area is 55.3 Å². The van der Waals surface area contributed by atoms with Crippen molar-refractivity contribution >= 4 is 5.69 Å². The largest absolute Gasteiger partial charge is 0.295 e. The lowest BCUT2D eigenvalue weighted by molar-refractivity contribution is 0.545. The molecule has 1 radical (unpaired) electrons. The van der Waals surface area contributed by atoms with Crippen LogP contribution >= 0.6 is 0 Å². The third-order valence-electron chi connectivity index (χ3n) is 1.01. The monoisotopic (exact) mass is 146 g/mol. The van der Waals surface area contributed by atoms with Gasteiger partial charge in [-0.15, -0.1) is 0 Å². The van der Waals surface area contributed by atoms with Gasteiger partial charge in [-0.05, 0) is 0 Å². The second-order valence-corrected chi connectivity index (χ2v) is 1.74. The standard InChI is InChI=1S/C6H3F3N/c7-3-1-4(8)6(10)5(9)2-3/h1-2,10H. The second kappa shape index (κ2) is 2.21. The van der Waals surface area contributed by atoms with Gasteiger partial charge >= 0.3 is 0 Å². The van der Waals surface area contributed by atoms with Crippen LogP contribution in [0.1, 0.15) is 0 Å². The lowest BCUT2D eigenvalue weighted by Crippen LogP contribution is -1.87. The third-order valence-corrected chi connectivity index (χ3v) is 1.01. The number of hydrogen-bond acceptors (Lipinski definition) is 0. The molecule has 1 aromatic carbocycles. The zero-order valence-corrected chi connectivity index (χ0v) is 4.79. The lowest BCUT2D eigenvalue weighted by atomic mass is 10.3. The van der Waals surface area contributed by atoms with Gasteiger partial charge in [-0.2, -0.15) is 0 Å². The number of benzene rings is 1. The average molecular weight is 146 g/mol. The summed E-state index contributed by atoms with van der Waals surface area (Å²) in [6, 6.07) is 0.927. The molecule has 0 aliphatic heterocycles. The van der Waals surface area contributed by atoms with Gasteiger partial charge < -0.3 is 0 Å². The molecule has 0 fully saturated rings. The van der Waals surface area contributed by atoms with Crippen LogP contribution in [0, 0.1) is 17.5 Å². The third kappa shape index (κ3) is 1.05. The molecule has 1 aromatic rings. The van der Waals surface area contributed by atoms with E-state index in [1.54, 1.807) is 0 Å². The van der Waals surface area contributed by atoms with Crippen molar-refractivity contribution in [2.24, 2.45) is 0 Å². The normalized spacial score (nSPS) is 9.90. The molecule has 0 atom stereocenters. The highest BCUT2D eigenvalue weighted by Crippen LogP contribution is 2.17. The van der Waals surface area contributed by atoms with Gasteiger partial charge in [-0.3, -0.25) is 5.73 Å². The molecule has 1 N–H and O–H groups in total. The Hall–Kier alpha value is -1.19. The molecule has 1 nitrogen and oxygen atoms in total. The van der Waals surface area contributed by atoms with Crippen LogP contribution in [0.2, 0.25) is 0 Å². The van der Waals surface area contributed by atoms with Crippen LogP contribution in [-0.4, -0.2) is 0 Å². The summed E-state index contributed by atoms with van der Waals surface area (Å²) in [4.78, 5) is 0. The summed E-state index contributed by atoms with van der Waals surface area (Å²) in [6.45, 7) is 0. The number of rotatable bonds is 0. The van der Waals surface area contributed by atoms with Gasteiger partial charge in [0.05, 0.1) is 0 Å². The van der Waals surface area contributed by atoms with Crippen molar-refractivity contribution in [3.8, 4) is 0 Å². The minimum Gasteiger partial charge on any atom is -0.295 e. The Morgan fingerprint density at radius 1 is 1.00 bits per heavy atom. The molecule has 4 heteroatoms.